The lowest BCUT2D eigenvalue weighted by atomic mass is 10.1. The van der Waals surface area contributed by atoms with Crippen molar-refractivity contribution in [1.29, 1.82) is 0 Å². The van der Waals surface area contributed by atoms with Gasteiger partial charge >= 0.3 is 6.03 Å². The van der Waals surface area contributed by atoms with Crippen molar-refractivity contribution in [2.75, 3.05) is 5.32 Å². The van der Waals surface area contributed by atoms with Crippen molar-refractivity contribution >= 4 is 52.5 Å². The van der Waals surface area contributed by atoms with Crippen LogP contribution in [0.2, 0.25) is 10.0 Å². The number of amides is 3. The number of benzene rings is 2. The van der Waals surface area contributed by atoms with Gasteiger partial charge in [0.05, 0.1) is 10.0 Å². The molecule has 0 aromatic heterocycles. The zero-order chi connectivity index (χ0) is 32.0. The number of guanidine groups is 1. The SMILES string of the molecule is CCC=CCC=CCC=CCC=CCC=CCCCC(=O)NC(=Nc1c(Cl)cccc1Cl)NC(=O)Nc1c(C)cccc1C. The molecule has 2 aromatic rings. The number of para-hydroxylation sites is 2. The third-order valence-electron chi connectivity index (χ3n) is 6.30. The van der Waals surface area contributed by atoms with Crippen LogP contribution in [0.3, 0.4) is 0 Å². The van der Waals surface area contributed by atoms with E-state index in [2.05, 4.69) is 88.6 Å². The van der Waals surface area contributed by atoms with Gasteiger partial charge in [0.15, 0.2) is 0 Å². The minimum Gasteiger partial charge on any atom is -0.307 e. The Labute approximate surface area is 272 Å². The van der Waals surface area contributed by atoms with Crippen LogP contribution in [0.5, 0.6) is 0 Å². The second-order valence-electron chi connectivity index (χ2n) is 10.0. The first-order valence-electron chi connectivity index (χ1n) is 15.0. The van der Waals surface area contributed by atoms with Crippen molar-refractivity contribution in [3.05, 3.63) is 118 Å². The van der Waals surface area contributed by atoms with Crippen LogP contribution in [0.15, 0.2) is 102 Å². The summed E-state index contributed by atoms with van der Waals surface area (Å²) >= 11 is 12.6. The third-order valence-corrected chi connectivity index (χ3v) is 6.91. The molecule has 0 bridgehead atoms. The molecule has 0 heterocycles. The van der Waals surface area contributed by atoms with Gasteiger partial charge in [-0.3, -0.25) is 15.4 Å². The Bertz CT molecular complexity index is 1350. The number of allylic oxidation sites excluding steroid dienone is 10. The maximum absolute atomic E-state index is 12.9. The van der Waals surface area contributed by atoms with Crippen molar-refractivity contribution < 1.29 is 9.59 Å². The molecular formula is C36H44Cl2N4O2. The first-order valence-corrected chi connectivity index (χ1v) is 15.8. The number of aliphatic imine (C=N–C) groups is 1. The lowest BCUT2D eigenvalue weighted by Gasteiger charge is -2.15. The van der Waals surface area contributed by atoms with Crippen LogP contribution in [0.1, 0.15) is 69.4 Å². The normalized spacial score (nSPS) is 12.3. The van der Waals surface area contributed by atoms with Crippen LogP contribution in [-0.2, 0) is 4.79 Å². The predicted molar refractivity (Wildman–Crippen MR) is 188 cm³/mol. The highest BCUT2D eigenvalue weighted by Gasteiger charge is 2.14. The van der Waals surface area contributed by atoms with Crippen molar-refractivity contribution in [3.8, 4) is 0 Å². The largest absolute Gasteiger partial charge is 0.326 e. The van der Waals surface area contributed by atoms with E-state index in [1.54, 1.807) is 18.2 Å². The Morgan fingerprint density at radius 3 is 1.77 bits per heavy atom. The standard InChI is InChI=1S/C36H44Cl2N4O2/c1-4-5-6-7-8-9-10-11-12-13-14-15-16-17-18-19-20-27-32(43)39-35(40-34-30(37)25-22-26-31(34)38)42-36(44)41-33-28(2)23-21-24-29(33)3/h5-6,8-9,11-12,14-15,17-18,21-26H,4,7,10,13,16,19-20,27H2,1-3H3,(H3,39,40,41,42,43,44). The highest BCUT2D eigenvalue weighted by Crippen LogP contribution is 2.32. The van der Waals surface area contributed by atoms with Crippen LogP contribution >= 0.6 is 23.2 Å². The summed E-state index contributed by atoms with van der Waals surface area (Å²) in [5.41, 5.74) is 2.75. The van der Waals surface area contributed by atoms with Gasteiger partial charge in [-0.05, 0) is 82.1 Å². The molecule has 234 valence electrons. The first kappa shape index (κ1) is 36.3. The van der Waals surface area contributed by atoms with Gasteiger partial charge in [-0.15, -0.1) is 0 Å². The van der Waals surface area contributed by atoms with Gasteiger partial charge in [-0.25, -0.2) is 9.79 Å². The average molecular weight is 636 g/mol. The lowest BCUT2D eigenvalue weighted by Crippen LogP contribution is -2.45. The second kappa shape index (κ2) is 21.8. The number of aryl methyl sites for hydroxylation is 2. The van der Waals surface area contributed by atoms with Gasteiger partial charge in [-0.1, -0.05) is 115 Å². The van der Waals surface area contributed by atoms with E-state index in [1.807, 2.05) is 32.0 Å². The molecule has 3 amide bonds. The number of rotatable bonds is 15. The molecule has 0 aliphatic heterocycles. The summed E-state index contributed by atoms with van der Waals surface area (Å²) in [7, 11) is 0. The zero-order valence-electron chi connectivity index (χ0n) is 25.9. The van der Waals surface area contributed by atoms with Crippen LogP contribution in [0.25, 0.3) is 0 Å². The Hall–Kier alpha value is -3.87. The van der Waals surface area contributed by atoms with Gasteiger partial charge in [0.2, 0.25) is 11.9 Å². The number of urea groups is 1. The molecule has 0 atom stereocenters. The molecule has 0 radical (unpaired) electrons. The maximum Gasteiger partial charge on any atom is 0.326 e. The zero-order valence-corrected chi connectivity index (χ0v) is 27.4. The minimum absolute atomic E-state index is 0.0661. The molecule has 0 saturated heterocycles. The first-order chi connectivity index (χ1) is 21.3. The summed E-state index contributed by atoms with van der Waals surface area (Å²) in [6.07, 6.45) is 28.0. The number of hydrogen-bond donors (Lipinski definition) is 3. The number of carbonyl (C=O) groups excluding carboxylic acids is 2. The smallest absolute Gasteiger partial charge is 0.307 e. The molecule has 0 aliphatic carbocycles. The van der Waals surface area contributed by atoms with Gasteiger partial charge in [-0.2, -0.15) is 0 Å². The van der Waals surface area contributed by atoms with Crippen molar-refractivity contribution in [2.45, 2.75) is 72.1 Å². The summed E-state index contributed by atoms with van der Waals surface area (Å²) in [5.74, 6) is -0.352. The highest BCUT2D eigenvalue weighted by atomic mass is 35.5. The number of anilines is 1. The molecule has 2 aromatic carbocycles. The quantitative estimate of drug-likeness (QED) is 0.0788. The monoisotopic (exact) mass is 634 g/mol. The van der Waals surface area contributed by atoms with Gasteiger partial charge in [0.25, 0.3) is 0 Å². The van der Waals surface area contributed by atoms with E-state index < -0.39 is 6.03 Å². The van der Waals surface area contributed by atoms with Gasteiger partial charge < -0.3 is 5.32 Å². The molecule has 2 rings (SSSR count). The Kier molecular flexibility index (Phi) is 18.0. The molecule has 3 N–H and O–H groups in total. The van der Waals surface area contributed by atoms with Crippen LogP contribution in [-0.4, -0.2) is 17.9 Å². The van der Waals surface area contributed by atoms with Gasteiger partial charge in [0.1, 0.15) is 5.69 Å². The maximum atomic E-state index is 12.9. The summed E-state index contributed by atoms with van der Waals surface area (Å²) in [5, 5.41) is 8.74. The average Bonchev–Trinajstić information content (AvgIpc) is 2.98. The van der Waals surface area contributed by atoms with E-state index in [0.29, 0.717) is 22.2 Å². The van der Waals surface area contributed by atoms with Crippen LogP contribution in [0.4, 0.5) is 16.2 Å². The number of nitrogens with one attached hydrogen (secondary N) is 3. The molecule has 0 aliphatic rings. The predicted octanol–water partition coefficient (Wildman–Crippen LogP) is 10.5. The summed E-state index contributed by atoms with van der Waals surface area (Å²) < 4.78 is 0. The molecular weight excluding hydrogens is 591 g/mol. The Morgan fingerprint density at radius 1 is 0.727 bits per heavy atom. The van der Waals surface area contributed by atoms with E-state index >= 15 is 0 Å². The number of halogens is 2. The molecule has 0 fully saturated rings. The molecule has 0 spiro atoms. The van der Waals surface area contributed by atoms with Gasteiger partial charge in [0, 0.05) is 12.1 Å². The fourth-order valence-electron chi connectivity index (χ4n) is 4.00. The fraction of sp³-hybridized carbons (Fsp3) is 0.306. The van der Waals surface area contributed by atoms with Crippen LogP contribution in [0, 0.1) is 13.8 Å². The number of nitrogens with zero attached hydrogens (tertiary/aromatic N) is 1. The molecule has 8 heteroatoms. The number of carbonyl (C=O) groups is 2. The second-order valence-corrected chi connectivity index (χ2v) is 10.8. The molecule has 0 unspecified atom stereocenters. The molecule has 0 saturated carbocycles. The molecule has 6 nitrogen and oxygen atoms in total. The van der Waals surface area contributed by atoms with E-state index in [-0.39, 0.29) is 24.0 Å². The highest BCUT2D eigenvalue weighted by molar-refractivity contribution is 6.39. The van der Waals surface area contributed by atoms with Crippen molar-refractivity contribution in [3.63, 3.8) is 0 Å². The van der Waals surface area contributed by atoms with Crippen LogP contribution < -0.4 is 16.0 Å². The van der Waals surface area contributed by atoms with E-state index in [4.69, 9.17) is 23.2 Å². The van der Waals surface area contributed by atoms with E-state index in [1.165, 1.54) is 0 Å². The Morgan fingerprint density at radius 2 is 1.23 bits per heavy atom. The topological polar surface area (TPSA) is 82.6 Å². The number of hydrogen-bond acceptors (Lipinski definition) is 3. The Balaban J connectivity index is 1.82. The number of unbranched alkanes of at least 4 members (excludes halogenated alkanes) is 1. The summed E-state index contributed by atoms with van der Waals surface area (Å²) in [6.45, 7) is 5.94. The van der Waals surface area contributed by atoms with E-state index in [0.717, 1.165) is 49.7 Å². The lowest BCUT2D eigenvalue weighted by molar-refractivity contribution is -0.119. The summed E-state index contributed by atoms with van der Waals surface area (Å²) in [4.78, 5) is 30.0. The fourth-order valence-corrected chi connectivity index (χ4v) is 4.48. The molecule has 44 heavy (non-hydrogen) atoms. The third kappa shape index (κ3) is 15.0. The van der Waals surface area contributed by atoms with Crippen molar-refractivity contribution in [1.82, 2.24) is 10.6 Å². The minimum atomic E-state index is -0.552. The van der Waals surface area contributed by atoms with E-state index in [9.17, 15) is 9.59 Å². The summed E-state index contributed by atoms with van der Waals surface area (Å²) in [6, 6.07) is 10.1. The van der Waals surface area contributed by atoms with Crippen molar-refractivity contribution in [2.24, 2.45) is 4.99 Å².